The predicted octanol–water partition coefficient (Wildman–Crippen LogP) is 3.62. The summed E-state index contributed by atoms with van der Waals surface area (Å²) >= 11 is 0. The number of halogens is 1. The molecule has 3 rings (SSSR count). The van der Waals surface area contributed by atoms with Gasteiger partial charge in [0, 0.05) is 12.4 Å². The van der Waals surface area contributed by atoms with Crippen molar-refractivity contribution in [3.05, 3.63) is 66.5 Å². The van der Waals surface area contributed by atoms with E-state index in [1.54, 1.807) is 37.5 Å². The van der Waals surface area contributed by atoms with Gasteiger partial charge in [-0.2, -0.15) is 5.10 Å². The zero-order valence-electron chi connectivity index (χ0n) is 13.4. The zero-order valence-corrected chi connectivity index (χ0v) is 13.4. The number of rotatable bonds is 5. The van der Waals surface area contributed by atoms with Gasteiger partial charge in [-0.1, -0.05) is 6.07 Å². The zero-order chi connectivity index (χ0) is 17.6. The molecule has 25 heavy (non-hydrogen) atoms. The molecular formula is C17H16FN5O2. The van der Waals surface area contributed by atoms with Crippen LogP contribution in [0.25, 0.3) is 0 Å². The molecule has 3 N–H and O–H groups in total. The Hall–Kier alpha value is -3.42. The van der Waals surface area contributed by atoms with E-state index in [9.17, 15) is 9.18 Å². The fourth-order valence-electron chi connectivity index (χ4n) is 2.17. The third-order valence-electron chi connectivity index (χ3n) is 3.42. The Morgan fingerprint density at radius 1 is 1.32 bits per heavy atom. The second-order valence-corrected chi connectivity index (χ2v) is 5.29. The second kappa shape index (κ2) is 7.43. The molecule has 0 saturated heterocycles. The summed E-state index contributed by atoms with van der Waals surface area (Å²) in [6, 6.07) is 7.12. The van der Waals surface area contributed by atoms with Crippen LogP contribution in [0.4, 0.5) is 14.9 Å². The number of urea groups is 1. The fraction of sp³-hybridized carbons (Fsp3) is 0.118. The monoisotopic (exact) mass is 341 g/mol. The third-order valence-corrected chi connectivity index (χ3v) is 3.42. The van der Waals surface area contributed by atoms with Crippen molar-refractivity contribution in [2.45, 2.75) is 13.0 Å². The Morgan fingerprint density at radius 2 is 2.20 bits per heavy atom. The number of H-pyrrole nitrogens is 1. The number of hydrogen-bond donors (Lipinski definition) is 3. The first kappa shape index (κ1) is 16.4. The molecule has 2 heterocycles. The molecule has 0 aliphatic carbocycles. The van der Waals surface area contributed by atoms with Crippen LogP contribution in [0.3, 0.4) is 0 Å². The molecule has 0 fully saturated rings. The van der Waals surface area contributed by atoms with Gasteiger partial charge >= 0.3 is 6.03 Å². The first-order chi connectivity index (χ1) is 12.1. The standard InChI is InChI=1S/C17H16FN5O2/c1-11(22-17(24)23-13-8-20-21-9-13)12-4-5-16(15(18)7-12)25-14-3-2-6-19-10-14/h2-11H,1H3,(H,20,21)(H2,22,23,24)/t11-/m0/s1. The van der Waals surface area contributed by atoms with Gasteiger partial charge < -0.3 is 15.4 Å². The Balaban J connectivity index is 1.64. The van der Waals surface area contributed by atoms with E-state index in [0.29, 0.717) is 17.0 Å². The number of aromatic amines is 1. The lowest BCUT2D eigenvalue weighted by Crippen LogP contribution is -2.31. The number of hydrogen-bond acceptors (Lipinski definition) is 4. The summed E-state index contributed by atoms with van der Waals surface area (Å²) in [6.45, 7) is 1.76. The SMILES string of the molecule is C[C@H](NC(=O)Nc1cn[nH]c1)c1ccc(Oc2cccnc2)c(F)c1. The van der Waals surface area contributed by atoms with E-state index in [-0.39, 0.29) is 5.75 Å². The Morgan fingerprint density at radius 3 is 2.88 bits per heavy atom. The molecule has 7 nitrogen and oxygen atoms in total. The average molecular weight is 341 g/mol. The number of aromatic nitrogens is 3. The van der Waals surface area contributed by atoms with Crippen LogP contribution in [0.2, 0.25) is 0 Å². The Kier molecular flexibility index (Phi) is 4.89. The Labute approximate surface area is 143 Å². The maximum atomic E-state index is 14.3. The van der Waals surface area contributed by atoms with Crippen molar-refractivity contribution in [3.8, 4) is 11.5 Å². The smallest absolute Gasteiger partial charge is 0.319 e. The van der Waals surface area contributed by atoms with E-state index in [2.05, 4.69) is 25.8 Å². The maximum Gasteiger partial charge on any atom is 0.319 e. The van der Waals surface area contributed by atoms with Crippen molar-refractivity contribution < 1.29 is 13.9 Å². The number of pyridine rings is 1. The van der Waals surface area contributed by atoms with Gasteiger partial charge in [0.25, 0.3) is 0 Å². The summed E-state index contributed by atoms with van der Waals surface area (Å²) in [5.41, 5.74) is 1.15. The van der Waals surface area contributed by atoms with Gasteiger partial charge in [0.15, 0.2) is 11.6 Å². The lowest BCUT2D eigenvalue weighted by Gasteiger charge is -2.15. The molecule has 0 radical (unpaired) electrons. The highest BCUT2D eigenvalue weighted by Gasteiger charge is 2.13. The number of ether oxygens (including phenoxy) is 1. The van der Waals surface area contributed by atoms with Crippen LogP contribution < -0.4 is 15.4 Å². The molecule has 2 amide bonds. The number of anilines is 1. The van der Waals surface area contributed by atoms with Crippen LogP contribution >= 0.6 is 0 Å². The number of carbonyl (C=O) groups is 1. The second-order valence-electron chi connectivity index (χ2n) is 5.29. The molecule has 0 aliphatic heterocycles. The lowest BCUT2D eigenvalue weighted by molar-refractivity contribution is 0.249. The van der Waals surface area contributed by atoms with Gasteiger partial charge in [0.2, 0.25) is 0 Å². The number of carbonyl (C=O) groups excluding carboxylic acids is 1. The molecular weight excluding hydrogens is 325 g/mol. The number of nitrogens with zero attached hydrogens (tertiary/aromatic N) is 2. The van der Waals surface area contributed by atoms with E-state index in [1.165, 1.54) is 24.5 Å². The largest absolute Gasteiger partial charge is 0.453 e. The first-order valence-corrected chi connectivity index (χ1v) is 7.55. The molecule has 0 bridgehead atoms. The minimum atomic E-state index is -0.523. The maximum absolute atomic E-state index is 14.3. The van der Waals surface area contributed by atoms with Crippen molar-refractivity contribution >= 4 is 11.7 Å². The summed E-state index contributed by atoms with van der Waals surface area (Å²) in [7, 11) is 0. The fourth-order valence-corrected chi connectivity index (χ4v) is 2.17. The van der Waals surface area contributed by atoms with Gasteiger partial charge in [-0.05, 0) is 36.8 Å². The van der Waals surface area contributed by atoms with Crippen molar-refractivity contribution in [1.29, 1.82) is 0 Å². The minimum Gasteiger partial charge on any atom is -0.453 e. The summed E-state index contributed by atoms with van der Waals surface area (Å²) in [6.07, 6.45) is 6.13. The Bertz CT molecular complexity index is 840. The molecule has 128 valence electrons. The number of nitrogens with one attached hydrogen (secondary N) is 3. The molecule has 1 aromatic carbocycles. The molecule has 1 atom stereocenters. The van der Waals surface area contributed by atoms with E-state index >= 15 is 0 Å². The highest BCUT2D eigenvalue weighted by Crippen LogP contribution is 2.26. The van der Waals surface area contributed by atoms with Crippen LogP contribution in [0.1, 0.15) is 18.5 Å². The average Bonchev–Trinajstić information content (AvgIpc) is 3.10. The van der Waals surface area contributed by atoms with Gasteiger partial charge in [-0.3, -0.25) is 10.1 Å². The molecule has 0 spiro atoms. The molecule has 3 aromatic rings. The third kappa shape index (κ3) is 4.31. The van der Waals surface area contributed by atoms with E-state index in [0.717, 1.165) is 0 Å². The van der Waals surface area contributed by atoms with E-state index in [4.69, 9.17) is 4.74 Å². The topological polar surface area (TPSA) is 91.9 Å². The van der Waals surface area contributed by atoms with Crippen molar-refractivity contribution in [3.63, 3.8) is 0 Å². The van der Waals surface area contributed by atoms with Gasteiger partial charge in [0.05, 0.1) is 24.1 Å². The van der Waals surface area contributed by atoms with Crippen molar-refractivity contribution in [2.75, 3.05) is 5.32 Å². The molecule has 8 heteroatoms. The van der Waals surface area contributed by atoms with Gasteiger partial charge in [-0.15, -0.1) is 0 Å². The normalized spacial score (nSPS) is 11.6. The van der Waals surface area contributed by atoms with Crippen LogP contribution in [-0.2, 0) is 0 Å². The van der Waals surface area contributed by atoms with Crippen LogP contribution in [0.5, 0.6) is 11.5 Å². The van der Waals surface area contributed by atoms with E-state index in [1.807, 2.05) is 0 Å². The van der Waals surface area contributed by atoms with Gasteiger partial charge in [0.1, 0.15) is 5.75 Å². The van der Waals surface area contributed by atoms with Gasteiger partial charge in [-0.25, -0.2) is 9.18 Å². The molecule has 0 saturated carbocycles. The van der Waals surface area contributed by atoms with Crippen molar-refractivity contribution in [1.82, 2.24) is 20.5 Å². The predicted molar refractivity (Wildman–Crippen MR) is 89.9 cm³/mol. The lowest BCUT2D eigenvalue weighted by atomic mass is 10.1. The summed E-state index contributed by atoms with van der Waals surface area (Å²) in [4.78, 5) is 15.8. The summed E-state index contributed by atoms with van der Waals surface area (Å²) in [5, 5.41) is 11.7. The highest BCUT2D eigenvalue weighted by atomic mass is 19.1. The van der Waals surface area contributed by atoms with Crippen molar-refractivity contribution in [2.24, 2.45) is 0 Å². The number of amides is 2. The summed E-state index contributed by atoms with van der Waals surface area (Å²) in [5.74, 6) is 0.0110. The number of benzene rings is 1. The molecule has 0 unspecified atom stereocenters. The molecule has 0 aliphatic rings. The quantitative estimate of drug-likeness (QED) is 0.661. The van der Waals surface area contributed by atoms with E-state index < -0.39 is 17.9 Å². The van der Waals surface area contributed by atoms with Crippen LogP contribution in [-0.4, -0.2) is 21.2 Å². The van der Waals surface area contributed by atoms with Crippen LogP contribution in [0, 0.1) is 5.82 Å². The molecule has 2 aromatic heterocycles. The van der Waals surface area contributed by atoms with Crippen LogP contribution in [0.15, 0.2) is 55.1 Å². The highest BCUT2D eigenvalue weighted by molar-refractivity contribution is 5.89. The summed E-state index contributed by atoms with van der Waals surface area (Å²) < 4.78 is 19.7. The first-order valence-electron chi connectivity index (χ1n) is 7.55. The minimum absolute atomic E-state index is 0.0896.